The lowest BCUT2D eigenvalue weighted by atomic mass is 9.85. The molecule has 0 radical (unpaired) electrons. The Morgan fingerprint density at radius 2 is 2.17 bits per heavy atom. The Morgan fingerprint density at radius 1 is 1.39 bits per heavy atom. The van der Waals surface area contributed by atoms with Crippen LogP contribution in [-0.4, -0.2) is 36.7 Å². The summed E-state index contributed by atoms with van der Waals surface area (Å²) in [6.07, 6.45) is 2.20. The van der Waals surface area contributed by atoms with Crippen molar-refractivity contribution < 1.29 is 4.74 Å². The van der Waals surface area contributed by atoms with E-state index in [0.717, 1.165) is 44.8 Å². The zero-order valence-electron chi connectivity index (χ0n) is 11.1. The molecule has 0 bridgehead atoms. The molecule has 0 aromatic heterocycles. The highest BCUT2D eigenvalue weighted by molar-refractivity contribution is 5.38. The molecular formula is C15H22N2O. The molecule has 0 aliphatic carbocycles. The number of hydrogen-bond acceptors (Lipinski definition) is 3. The van der Waals surface area contributed by atoms with Gasteiger partial charge in [-0.2, -0.15) is 0 Å². The molecule has 2 aliphatic rings. The van der Waals surface area contributed by atoms with E-state index < -0.39 is 0 Å². The number of rotatable bonds is 3. The molecule has 0 spiro atoms. The molecule has 2 N–H and O–H groups in total. The molecule has 3 nitrogen and oxygen atoms in total. The number of likely N-dealkylation sites (tertiary alicyclic amines) is 1. The van der Waals surface area contributed by atoms with Crippen LogP contribution in [0.2, 0.25) is 0 Å². The van der Waals surface area contributed by atoms with Gasteiger partial charge in [0.05, 0.1) is 6.61 Å². The van der Waals surface area contributed by atoms with Crippen LogP contribution >= 0.6 is 0 Å². The molecule has 98 valence electrons. The third-order valence-electron chi connectivity index (χ3n) is 4.34. The van der Waals surface area contributed by atoms with Crippen molar-refractivity contribution in [3.05, 3.63) is 29.8 Å². The average Bonchev–Trinajstić information content (AvgIpc) is 2.37. The van der Waals surface area contributed by atoms with Crippen LogP contribution in [0.15, 0.2) is 24.3 Å². The second-order valence-electron chi connectivity index (χ2n) is 5.76. The van der Waals surface area contributed by atoms with Crippen molar-refractivity contribution in [1.82, 2.24) is 4.90 Å². The predicted molar refractivity (Wildman–Crippen MR) is 72.9 cm³/mol. The fourth-order valence-corrected chi connectivity index (χ4v) is 3.11. The lowest BCUT2D eigenvalue weighted by Crippen LogP contribution is -2.67. The van der Waals surface area contributed by atoms with E-state index in [0.29, 0.717) is 5.92 Å². The summed E-state index contributed by atoms with van der Waals surface area (Å²) in [5, 5.41) is 0. The molecule has 0 saturated carbocycles. The van der Waals surface area contributed by atoms with E-state index in [1.807, 2.05) is 6.07 Å². The molecule has 1 fully saturated rings. The Hall–Kier alpha value is -1.06. The first-order valence-electron chi connectivity index (χ1n) is 6.93. The van der Waals surface area contributed by atoms with Crippen LogP contribution < -0.4 is 10.5 Å². The maximum absolute atomic E-state index is 6.23. The summed E-state index contributed by atoms with van der Waals surface area (Å²) in [6, 6.07) is 8.44. The molecule has 1 unspecified atom stereocenters. The van der Waals surface area contributed by atoms with E-state index in [2.05, 4.69) is 30.0 Å². The van der Waals surface area contributed by atoms with E-state index in [-0.39, 0.29) is 5.54 Å². The SMILES string of the molecule is CCC1(N)CN(CC2CCOc3ccccc32)C1. The fourth-order valence-electron chi connectivity index (χ4n) is 3.11. The van der Waals surface area contributed by atoms with E-state index in [1.54, 1.807) is 0 Å². The topological polar surface area (TPSA) is 38.5 Å². The third-order valence-corrected chi connectivity index (χ3v) is 4.34. The van der Waals surface area contributed by atoms with Crippen molar-refractivity contribution in [2.45, 2.75) is 31.2 Å². The van der Waals surface area contributed by atoms with Crippen molar-refractivity contribution in [2.75, 3.05) is 26.2 Å². The summed E-state index contributed by atoms with van der Waals surface area (Å²) in [5.74, 6) is 1.68. The second kappa shape index (κ2) is 4.56. The number of ether oxygens (including phenoxy) is 1. The van der Waals surface area contributed by atoms with Crippen molar-refractivity contribution in [2.24, 2.45) is 5.73 Å². The number of fused-ring (bicyclic) bond motifs is 1. The molecule has 18 heavy (non-hydrogen) atoms. The van der Waals surface area contributed by atoms with E-state index >= 15 is 0 Å². The molecule has 0 amide bonds. The van der Waals surface area contributed by atoms with E-state index in [9.17, 15) is 0 Å². The zero-order chi connectivity index (χ0) is 12.6. The van der Waals surface area contributed by atoms with Crippen molar-refractivity contribution in [1.29, 1.82) is 0 Å². The molecule has 1 saturated heterocycles. The van der Waals surface area contributed by atoms with E-state index in [1.165, 1.54) is 5.56 Å². The Labute approximate surface area is 109 Å². The van der Waals surface area contributed by atoms with Gasteiger partial charge in [-0.25, -0.2) is 0 Å². The minimum atomic E-state index is 0.0741. The van der Waals surface area contributed by atoms with Gasteiger partial charge in [-0.15, -0.1) is 0 Å². The molecule has 3 heteroatoms. The summed E-state index contributed by atoms with van der Waals surface area (Å²) in [7, 11) is 0. The fraction of sp³-hybridized carbons (Fsp3) is 0.600. The number of nitrogens with two attached hydrogens (primary N) is 1. The van der Waals surface area contributed by atoms with Gasteiger partial charge in [0.1, 0.15) is 5.75 Å². The van der Waals surface area contributed by atoms with Gasteiger partial charge < -0.3 is 10.5 Å². The molecule has 3 rings (SSSR count). The predicted octanol–water partition coefficient (Wildman–Crippen LogP) is 1.98. The first kappa shape index (κ1) is 12.0. The van der Waals surface area contributed by atoms with Gasteiger partial charge in [0, 0.05) is 31.1 Å². The van der Waals surface area contributed by atoms with Crippen LogP contribution in [0.25, 0.3) is 0 Å². The van der Waals surface area contributed by atoms with Gasteiger partial charge in [0.25, 0.3) is 0 Å². The number of benzene rings is 1. The summed E-state index contributed by atoms with van der Waals surface area (Å²) >= 11 is 0. The highest BCUT2D eigenvalue weighted by Crippen LogP contribution is 2.35. The minimum absolute atomic E-state index is 0.0741. The maximum atomic E-state index is 6.23. The Morgan fingerprint density at radius 3 is 2.94 bits per heavy atom. The van der Waals surface area contributed by atoms with Crippen LogP contribution in [0.5, 0.6) is 5.75 Å². The summed E-state index contributed by atoms with van der Waals surface area (Å²) < 4.78 is 5.71. The number of nitrogens with zero attached hydrogens (tertiary/aromatic N) is 1. The Bertz CT molecular complexity index is 426. The monoisotopic (exact) mass is 246 g/mol. The summed E-state index contributed by atoms with van der Waals surface area (Å²) in [6.45, 7) is 6.24. The molecule has 1 atom stereocenters. The first-order chi connectivity index (χ1) is 8.70. The normalized spacial score (nSPS) is 26.0. The first-order valence-corrected chi connectivity index (χ1v) is 6.93. The Balaban J connectivity index is 1.65. The van der Waals surface area contributed by atoms with Crippen LogP contribution in [0, 0.1) is 0 Å². The van der Waals surface area contributed by atoms with Crippen LogP contribution in [0.3, 0.4) is 0 Å². The van der Waals surface area contributed by atoms with Crippen LogP contribution in [0.1, 0.15) is 31.2 Å². The highest BCUT2D eigenvalue weighted by atomic mass is 16.5. The van der Waals surface area contributed by atoms with Gasteiger partial charge in [0.2, 0.25) is 0 Å². The second-order valence-corrected chi connectivity index (χ2v) is 5.76. The molecular weight excluding hydrogens is 224 g/mol. The van der Waals surface area contributed by atoms with Gasteiger partial charge >= 0.3 is 0 Å². The minimum Gasteiger partial charge on any atom is -0.493 e. The number of para-hydroxylation sites is 1. The molecule has 1 aromatic rings. The van der Waals surface area contributed by atoms with Gasteiger partial charge in [0.15, 0.2) is 0 Å². The summed E-state index contributed by atoms with van der Waals surface area (Å²) in [4.78, 5) is 2.48. The lowest BCUT2D eigenvalue weighted by molar-refractivity contribution is 0.0570. The zero-order valence-corrected chi connectivity index (χ0v) is 11.1. The van der Waals surface area contributed by atoms with Crippen LogP contribution in [-0.2, 0) is 0 Å². The lowest BCUT2D eigenvalue weighted by Gasteiger charge is -2.49. The maximum Gasteiger partial charge on any atom is 0.122 e. The summed E-state index contributed by atoms with van der Waals surface area (Å²) in [5.41, 5.74) is 7.67. The molecule has 2 heterocycles. The van der Waals surface area contributed by atoms with Gasteiger partial charge in [-0.1, -0.05) is 25.1 Å². The largest absolute Gasteiger partial charge is 0.493 e. The Kier molecular flexibility index (Phi) is 3.04. The van der Waals surface area contributed by atoms with Gasteiger partial charge in [-0.05, 0) is 24.5 Å². The van der Waals surface area contributed by atoms with Crippen molar-refractivity contribution in [3.8, 4) is 5.75 Å². The molecule has 1 aromatic carbocycles. The third kappa shape index (κ3) is 2.13. The van der Waals surface area contributed by atoms with E-state index in [4.69, 9.17) is 10.5 Å². The average molecular weight is 246 g/mol. The molecule has 2 aliphatic heterocycles. The van der Waals surface area contributed by atoms with Crippen molar-refractivity contribution >= 4 is 0 Å². The standard InChI is InChI=1S/C15H22N2O/c1-2-15(16)10-17(11-15)9-12-7-8-18-14-6-4-3-5-13(12)14/h3-6,12H,2,7-11,16H2,1H3. The quantitative estimate of drug-likeness (QED) is 0.886. The van der Waals surface area contributed by atoms with Crippen molar-refractivity contribution in [3.63, 3.8) is 0 Å². The highest BCUT2D eigenvalue weighted by Gasteiger charge is 2.39. The number of hydrogen-bond donors (Lipinski definition) is 1. The van der Waals surface area contributed by atoms with Gasteiger partial charge in [-0.3, -0.25) is 4.90 Å². The smallest absolute Gasteiger partial charge is 0.122 e. The van der Waals surface area contributed by atoms with Crippen LogP contribution in [0.4, 0.5) is 0 Å².